The topological polar surface area (TPSA) is 44.4 Å². The summed E-state index contributed by atoms with van der Waals surface area (Å²) in [7, 11) is 0. The molecule has 2 fully saturated rings. The van der Waals surface area contributed by atoms with Gasteiger partial charge in [0.2, 0.25) is 5.91 Å². The Balaban J connectivity index is 0.00000161. The van der Waals surface area contributed by atoms with Crippen molar-refractivity contribution in [3.05, 3.63) is 28.8 Å². The molecule has 116 valence electrons. The third-order valence-corrected chi connectivity index (χ3v) is 4.78. The first-order chi connectivity index (χ1) is 9.63. The average Bonchev–Trinajstić information content (AvgIpc) is 2.95. The molecule has 2 aliphatic rings. The van der Waals surface area contributed by atoms with Crippen LogP contribution in [0.1, 0.15) is 5.56 Å². The zero-order chi connectivity index (χ0) is 14.1. The molecule has 0 radical (unpaired) electrons. The first kappa shape index (κ1) is 16.6. The van der Waals surface area contributed by atoms with Crippen molar-refractivity contribution in [1.29, 1.82) is 0 Å². The number of likely N-dealkylation sites (tertiary alicyclic amines) is 1. The SMILES string of the molecule is Cc1c(Cl)cccc1NC(=O)CN1C[C@H]2CNC[C@H]2C1.Cl. The lowest BCUT2D eigenvalue weighted by atomic mass is 10.0. The normalized spacial score (nSPS) is 24.5. The van der Waals surface area contributed by atoms with Crippen LogP contribution in [0.3, 0.4) is 0 Å². The summed E-state index contributed by atoms with van der Waals surface area (Å²) < 4.78 is 0. The molecule has 6 heteroatoms. The summed E-state index contributed by atoms with van der Waals surface area (Å²) in [5.74, 6) is 1.48. The summed E-state index contributed by atoms with van der Waals surface area (Å²) in [4.78, 5) is 14.4. The van der Waals surface area contributed by atoms with E-state index >= 15 is 0 Å². The molecule has 3 rings (SSSR count). The number of amides is 1. The van der Waals surface area contributed by atoms with E-state index in [1.807, 2.05) is 25.1 Å². The van der Waals surface area contributed by atoms with Gasteiger partial charge in [-0.25, -0.2) is 0 Å². The summed E-state index contributed by atoms with van der Waals surface area (Å²) in [6.07, 6.45) is 0. The number of carbonyl (C=O) groups excluding carboxylic acids is 1. The maximum Gasteiger partial charge on any atom is 0.238 e. The van der Waals surface area contributed by atoms with Crippen molar-refractivity contribution in [2.24, 2.45) is 11.8 Å². The largest absolute Gasteiger partial charge is 0.325 e. The molecule has 0 bridgehead atoms. The first-order valence-electron chi connectivity index (χ1n) is 7.11. The van der Waals surface area contributed by atoms with Crippen LogP contribution in [0.2, 0.25) is 5.02 Å². The van der Waals surface area contributed by atoms with E-state index in [9.17, 15) is 4.79 Å². The van der Waals surface area contributed by atoms with E-state index in [1.165, 1.54) is 0 Å². The van der Waals surface area contributed by atoms with Crippen molar-refractivity contribution >= 4 is 35.6 Å². The van der Waals surface area contributed by atoms with Crippen LogP contribution in [0.25, 0.3) is 0 Å². The van der Waals surface area contributed by atoms with Gasteiger partial charge in [0.25, 0.3) is 0 Å². The van der Waals surface area contributed by atoms with Gasteiger partial charge in [-0.05, 0) is 49.5 Å². The van der Waals surface area contributed by atoms with Crippen LogP contribution in [-0.2, 0) is 4.79 Å². The second-order valence-electron chi connectivity index (χ2n) is 5.83. The smallest absolute Gasteiger partial charge is 0.238 e. The Kier molecular flexibility index (Phi) is 5.49. The van der Waals surface area contributed by atoms with E-state index in [1.54, 1.807) is 0 Å². The van der Waals surface area contributed by atoms with Gasteiger partial charge in [-0.2, -0.15) is 0 Å². The number of anilines is 1. The second-order valence-corrected chi connectivity index (χ2v) is 6.24. The van der Waals surface area contributed by atoms with Gasteiger partial charge < -0.3 is 10.6 Å². The maximum atomic E-state index is 12.1. The minimum atomic E-state index is 0. The molecule has 0 aromatic heterocycles. The standard InChI is InChI=1S/C15H20ClN3O.ClH/c1-10-13(16)3-2-4-14(10)18-15(20)9-19-7-11-5-17-6-12(11)8-19;/h2-4,11-12,17H,5-9H2,1H3,(H,18,20);1H/t11-,12+;. The number of hydrogen-bond donors (Lipinski definition) is 2. The van der Waals surface area contributed by atoms with Crippen LogP contribution in [-0.4, -0.2) is 43.5 Å². The number of nitrogens with one attached hydrogen (secondary N) is 2. The molecule has 0 aliphatic carbocycles. The molecule has 2 aliphatic heterocycles. The van der Waals surface area contributed by atoms with E-state index in [0.29, 0.717) is 11.6 Å². The van der Waals surface area contributed by atoms with Crippen LogP contribution in [0.15, 0.2) is 18.2 Å². The molecule has 1 aromatic carbocycles. The molecule has 2 N–H and O–H groups in total. The second kappa shape index (κ2) is 6.97. The van der Waals surface area contributed by atoms with Gasteiger partial charge in [0.05, 0.1) is 6.54 Å². The quantitative estimate of drug-likeness (QED) is 0.893. The summed E-state index contributed by atoms with van der Waals surface area (Å²) in [5, 5.41) is 7.06. The number of halogens is 2. The van der Waals surface area contributed by atoms with Crippen molar-refractivity contribution in [3.8, 4) is 0 Å². The fourth-order valence-corrected chi connectivity index (χ4v) is 3.39. The molecular weight excluding hydrogens is 309 g/mol. The van der Waals surface area contributed by atoms with Crippen LogP contribution in [0, 0.1) is 18.8 Å². The predicted octanol–water partition coefficient (Wildman–Crippen LogP) is 2.16. The summed E-state index contributed by atoms with van der Waals surface area (Å²) in [6, 6.07) is 5.58. The van der Waals surface area contributed by atoms with Gasteiger partial charge in [0.15, 0.2) is 0 Å². The molecule has 4 nitrogen and oxygen atoms in total. The highest BCUT2D eigenvalue weighted by Crippen LogP contribution is 2.26. The molecule has 1 amide bonds. The van der Waals surface area contributed by atoms with Gasteiger partial charge in [-0.15, -0.1) is 12.4 Å². The summed E-state index contributed by atoms with van der Waals surface area (Å²) >= 11 is 6.06. The Bertz CT molecular complexity index is 512. The molecule has 2 saturated heterocycles. The minimum absolute atomic E-state index is 0. The number of nitrogens with zero attached hydrogens (tertiary/aromatic N) is 1. The number of fused-ring (bicyclic) bond motifs is 1. The molecule has 2 heterocycles. The van der Waals surface area contributed by atoms with Gasteiger partial charge in [-0.3, -0.25) is 9.69 Å². The Morgan fingerprint density at radius 1 is 1.38 bits per heavy atom. The molecule has 2 atom stereocenters. The third kappa shape index (κ3) is 3.69. The Morgan fingerprint density at radius 3 is 2.71 bits per heavy atom. The van der Waals surface area contributed by atoms with E-state index < -0.39 is 0 Å². The van der Waals surface area contributed by atoms with E-state index in [-0.39, 0.29) is 18.3 Å². The van der Waals surface area contributed by atoms with Crippen LogP contribution in [0.5, 0.6) is 0 Å². The van der Waals surface area contributed by atoms with Crippen molar-refractivity contribution in [2.75, 3.05) is 38.0 Å². The lowest BCUT2D eigenvalue weighted by molar-refractivity contribution is -0.117. The average molecular weight is 330 g/mol. The fraction of sp³-hybridized carbons (Fsp3) is 0.533. The summed E-state index contributed by atoms with van der Waals surface area (Å²) in [5.41, 5.74) is 1.73. The maximum absolute atomic E-state index is 12.1. The monoisotopic (exact) mass is 329 g/mol. The first-order valence-corrected chi connectivity index (χ1v) is 7.49. The van der Waals surface area contributed by atoms with Crippen molar-refractivity contribution in [1.82, 2.24) is 10.2 Å². The highest BCUT2D eigenvalue weighted by Gasteiger charge is 2.36. The van der Waals surface area contributed by atoms with E-state index in [0.717, 1.165) is 49.3 Å². The van der Waals surface area contributed by atoms with Crippen LogP contribution < -0.4 is 10.6 Å². The predicted molar refractivity (Wildman–Crippen MR) is 88.4 cm³/mol. The van der Waals surface area contributed by atoms with Gasteiger partial charge in [0, 0.05) is 23.8 Å². The highest BCUT2D eigenvalue weighted by molar-refractivity contribution is 6.31. The van der Waals surface area contributed by atoms with Gasteiger partial charge in [-0.1, -0.05) is 17.7 Å². The fourth-order valence-electron chi connectivity index (χ4n) is 3.22. The van der Waals surface area contributed by atoms with Gasteiger partial charge >= 0.3 is 0 Å². The third-order valence-electron chi connectivity index (χ3n) is 4.37. The molecule has 21 heavy (non-hydrogen) atoms. The van der Waals surface area contributed by atoms with E-state index in [4.69, 9.17) is 11.6 Å². The Morgan fingerprint density at radius 2 is 2.05 bits per heavy atom. The lowest BCUT2D eigenvalue weighted by Gasteiger charge is -2.17. The molecule has 1 aromatic rings. The minimum Gasteiger partial charge on any atom is -0.325 e. The van der Waals surface area contributed by atoms with Crippen molar-refractivity contribution < 1.29 is 4.79 Å². The van der Waals surface area contributed by atoms with Crippen LogP contribution >= 0.6 is 24.0 Å². The zero-order valence-corrected chi connectivity index (χ0v) is 13.6. The number of rotatable bonds is 3. The Hall–Kier alpha value is -0.810. The van der Waals surface area contributed by atoms with Crippen molar-refractivity contribution in [2.45, 2.75) is 6.92 Å². The molecule has 0 unspecified atom stereocenters. The van der Waals surface area contributed by atoms with E-state index in [2.05, 4.69) is 15.5 Å². The molecule has 0 spiro atoms. The zero-order valence-electron chi connectivity index (χ0n) is 12.1. The van der Waals surface area contributed by atoms with Crippen molar-refractivity contribution in [3.63, 3.8) is 0 Å². The Labute approximate surface area is 136 Å². The molecular formula is C15H21Cl2N3O. The number of hydrogen-bond acceptors (Lipinski definition) is 3. The van der Waals surface area contributed by atoms with Gasteiger partial charge in [0.1, 0.15) is 0 Å². The number of benzene rings is 1. The number of carbonyl (C=O) groups is 1. The van der Waals surface area contributed by atoms with Crippen LogP contribution in [0.4, 0.5) is 5.69 Å². The molecule has 0 saturated carbocycles. The lowest BCUT2D eigenvalue weighted by Crippen LogP contribution is -2.33. The highest BCUT2D eigenvalue weighted by atomic mass is 35.5. The summed E-state index contributed by atoms with van der Waals surface area (Å²) in [6.45, 7) is 6.63.